The molecule has 102 valence electrons. The van der Waals surface area contributed by atoms with Gasteiger partial charge in [0, 0.05) is 0 Å². The van der Waals surface area contributed by atoms with Crippen molar-refractivity contribution in [2.75, 3.05) is 0 Å². The van der Waals surface area contributed by atoms with Crippen LogP contribution in [0.5, 0.6) is 0 Å². The van der Waals surface area contributed by atoms with E-state index in [1.165, 1.54) is 57.8 Å². The highest BCUT2D eigenvalue weighted by molar-refractivity contribution is 4.89. The van der Waals surface area contributed by atoms with Crippen molar-refractivity contribution >= 4 is 0 Å². The van der Waals surface area contributed by atoms with E-state index in [2.05, 4.69) is 39.8 Å². The summed E-state index contributed by atoms with van der Waals surface area (Å²) in [5.41, 5.74) is 0. The molecule has 0 bridgehead atoms. The zero-order chi connectivity index (χ0) is 12.9. The Morgan fingerprint density at radius 2 is 1.35 bits per heavy atom. The average molecular weight is 238 g/mol. The van der Waals surface area contributed by atoms with Gasteiger partial charge in [-0.15, -0.1) is 0 Å². The molecule has 0 aliphatic heterocycles. The van der Waals surface area contributed by atoms with Crippen LogP contribution in [-0.4, -0.2) is 0 Å². The minimum Gasteiger partial charge on any atom is -0.0880 e. The molecule has 0 aromatic rings. The van der Waals surface area contributed by atoms with Crippen LogP contribution in [0.3, 0.4) is 0 Å². The lowest BCUT2D eigenvalue weighted by Gasteiger charge is -2.12. The van der Waals surface area contributed by atoms with Gasteiger partial charge in [0.25, 0.3) is 0 Å². The fourth-order valence-corrected chi connectivity index (χ4v) is 2.19. The molecule has 0 aromatic carbocycles. The molecule has 0 atom stereocenters. The predicted molar refractivity (Wildman–Crippen MR) is 80.4 cm³/mol. The van der Waals surface area contributed by atoms with Crippen LogP contribution in [0.15, 0.2) is 12.2 Å². The van der Waals surface area contributed by atoms with E-state index in [0.29, 0.717) is 0 Å². The third-order valence-corrected chi connectivity index (χ3v) is 3.37. The van der Waals surface area contributed by atoms with Gasteiger partial charge in [0.1, 0.15) is 0 Å². The molecular formula is C17H34. The van der Waals surface area contributed by atoms with Gasteiger partial charge in [0.05, 0.1) is 0 Å². The quantitative estimate of drug-likeness (QED) is 0.290. The first-order chi connectivity index (χ1) is 8.20. The van der Waals surface area contributed by atoms with E-state index in [0.717, 1.165) is 11.8 Å². The van der Waals surface area contributed by atoms with Crippen molar-refractivity contribution in [2.24, 2.45) is 11.8 Å². The summed E-state index contributed by atoms with van der Waals surface area (Å²) in [6.45, 7) is 9.18. The van der Waals surface area contributed by atoms with Crippen LogP contribution in [0.2, 0.25) is 0 Å². The smallest absolute Gasteiger partial charge is 0.0234 e. The predicted octanol–water partition coefficient (Wildman–Crippen LogP) is 6.37. The van der Waals surface area contributed by atoms with E-state index in [-0.39, 0.29) is 0 Å². The molecule has 0 aliphatic carbocycles. The summed E-state index contributed by atoms with van der Waals surface area (Å²) in [7, 11) is 0. The van der Waals surface area contributed by atoms with E-state index in [9.17, 15) is 0 Å². The molecular weight excluding hydrogens is 204 g/mol. The first kappa shape index (κ1) is 16.7. The lowest BCUT2D eigenvalue weighted by Crippen LogP contribution is -1.97. The molecule has 0 rings (SSSR count). The number of hydrogen-bond donors (Lipinski definition) is 0. The highest BCUT2D eigenvalue weighted by Gasteiger charge is 2.04. The highest BCUT2D eigenvalue weighted by Crippen LogP contribution is 2.19. The number of rotatable bonds is 11. The van der Waals surface area contributed by atoms with Crippen molar-refractivity contribution < 1.29 is 0 Å². The van der Waals surface area contributed by atoms with Crippen LogP contribution >= 0.6 is 0 Å². The molecule has 0 aromatic heterocycles. The first-order valence-electron chi connectivity index (χ1n) is 7.87. The fraction of sp³-hybridized carbons (Fsp3) is 0.882. The second kappa shape index (κ2) is 12.2. The van der Waals surface area contributed by atoms with Crippen molar-refractivity contribution in [3.8, 4) is 0 Å². The number of unbranched alkanes of at least 4 members (excludes halogenated alkanes) is 4. The number of hydrogen-bond acceptors (Lipinski definition) is 0. The van der Waals surface area contributed by atoms with Crippen LogP contribution in [-0.2, 0) is 0 Å². The van der Waals surface area contributed by atoms with E-state index >= 15 is 0 Å². The Kier molecular flexibility index (Phi) is 12.0. The van der Waals surface area contributed by atoms with Gasteiger partial charge < -0.3 is 0 Å². The van der Waals surface area contributed by atoms with Gasteiger partial charge in [-0.05, 0) is 31.1 Å². The minimum absolute atomic E-state index is 0.804. The van der Waals surface area contributed by atoms with Gasteiger partial charge in [-0.2, -0.15) is 0 Å². The Bertz CT molecular complexity index is 157. The zero-order valence-electron chi connectivity index (χ0n) is 12.7. The van der Waals surface area contributed by atoms with Gasteiger partial charge in [-0.25, -0.2) is 0 Å². The molecule has 0 radical (unpaired) electrons. The fourth-order valence-electron chi connectivity index (χ4n) is 2.19. The lowest BCUT2D eigenvalue weighted by atomic mass is 9.94. The van der Waals surface area contributed by atoms with Gasteiger partial charge in [-0.1, -0.05) is 78.4 Å². The molecule has 0 saturated heterocycles. The molecule has 0 heteroatoms. The Balaban J connectivity index is 3.87. The van der Waals surface area contributed by atoms with Crippen molar-refractivity contribution in [1.82, 2.24) is 0 Å². The molecule has 0 saturated carbocycles. The minimum atomic E-state index is 0.804. The maximum Gasteiger partial charge on any atom is -0.0234 e. The summed E-state index contributed by atoms with van der Waals surface area (Å²) < 4.78 is 0. The van der Waals surface area contributed by atoms with Crippen molar-refractivity contribution in [3.63, 3.8) is 0 Å². The summed E-state index contributed by atoms with van der Waals surface area (Å²) in [4.78, 5) is 0. The molecule has 17 heavy (non-hydrogen) atoms. The molecule has 0 aliphatic rings. The summed E-state index contributed by atoms with van der Waals surface area (Å²) in [6.07, 6.45) is 17.3. The van der Waals surface area contributed by atoms with E-state index in [1.54, 1.807) is 0 Å². The van der Waals surface area contributed by atoms with Crippen molar-refractivity contribution in [2.45, 2.75) is 85.5 Å². The van der Waals surface area contributed by atoms with Crippen LogP contribution in [0.25, 0.3) is 0 Å². The zero-order valence-corrected chi connectivity index (χ0v) is 12.7. The molecule has 0 heterocycles. The molecule has 0 spiro atoms. The van der Waals surface area contributed by atoms with E-state index < -0.39 is 0 Å². The molecule has 0 N–H and O–H groups in total. The standard InChI is InChI=1S/C17H34/c1-5-7-9-13-17(14-10-8-6-2)15-11-12-16(3)4/h11,15-17H,5-10,12-14H2,1-4H3/b15-11-. The largest absolute Gasteiger partial charge is 0.0880 e. The SMILES string of the molecule is CCCCCC(/C=C\CC(C)C)CCCCC. The third kappa shape index (κ3) is 12.0. The normalized spacial score (nSPS) is 12.1. The van der Waals surface area contributed by atoms with Gasteiger partial charge in [-0.3, -0.25) is 0 Å². The maximum absolute atomic E-state index is 2.51. The Morgan fingerprint density at radius 1 is 0.824 bits per heavy atom. The van der Waals surface area contributed by atoms with Crippen LogP contribution in [0.1, 0.15) is 85.5 Å². The maximum atomic E-state index is 2.51. The molecule has 0 amide bonds. The molecule has 0 nitrogen and oxygen atoms in total. The van der Waals surface area contributed by atoms with E-state index in [4.69, 9.17) is 0 Å². The summed E-state index contributed by atoms with van der Waals surface area (Å²) in [5, 5.41) is 0. The second-order valence-corrected chi connectivity index (χ2v) is 5.81. The monoisotopic (exact) mass is 238 g/mol. The van der Waals surface area contributed by atoms with Crippen molar-refractivity contribution in [3.05, 3.63) is 12.2 Å². The first-order valence-corrected chi connectivity index (χ1v) is 7.87. The molecule has 0 unspecified atom stereocenters. The van der Waals surface area contributed by atoms with Gasteiger partial charge in [0.15, 0.2) is 0 Å². The topological polar surface area (TPSA) is 0 Å². The summed E-state index contributed by atoms with van der Waals surface area (Å²) in [5.74, 6) is 1.66. The highest BCUT2D eigenvalue weighted by atomic mass is 14.1. The van der Waals surface area contributed by atoms with Crippen LogP contribution in [0, 0.1) is 11.8 Å². The molecule has 0 fully saturated rings. The summed E-state index contributed by atoms with van der Waals surface area (Å²) in [6, 6.07) is 0. The van der Waals surface area contributed by atoms with Crippen molar-refractivity contribution in [1.29, 1.82) is 0 Å². The average Bonchev–Trinajstić information content (AvgIpc) is 2.28. The lowest BCUT2D eigenvalue weighted by molar-refractivity contribution is 0.479. The van der Waals surface area contributed by atoms with E-state index in [1.807, 2.05) is 0 Å². The van der Waals surface area contributed by atoms with Crippen LogP contribution in [0.4, 0.5) is 0 Å². The third-order valence-electron chi connectivity index (χ3n) is 3.37. The Hall–Kier alpha value is -0.260. The Morgan fingerprint density at radius 3 is 1.76 bits per heavy atom. The van der Waals surface area contributed by atoms with Gasteiger partial charge in [0.2, 0.25) is 0 Å². The summed E-state index contributed by atoms with van der Waals surface area (Å²) >= 11 is 0. The number of allylic oxidation sites excluding steroid dienone is 2. The Labute approximate surface area is 110 Å². The second-order valence-electron chi connectivity index (χ2n) is 5.81. The van der Waals surface area contributed by atoms with Gasteiger partial charge >= 0.3 is 0 Å². The van der Waals surface area contributed by atoms with Crippen LogP contribution < -0.4 is 0 Å².